The van der Waals surface area contributed by atoms with Gasteiger partial charge in [0.1, 0.15) is 18.5 Å². The molecule has 0 radical (unpaired) electrons. The summed E-state index contributed by atoms with van der Waals surface area (Å²) in [6.45, 7) is 2.02. The van der Waals surface area contributed by atoms with Gasteiger partial charge in [0.2, 0.25) is 5.91 Å². The van der Waals surface area contributed by atoms with Crippen molar-refractivity contribution in [1.82, 2.24) is 24.6 Å². The first kappa shape index (κ1) is 14.9. The predicted octanol–water partition coefficient (Wildman–Crippen LogP) is 1.43. The molecule has 2 aromatic rings. The lowest BCUT2D eigenvalue weighted by Gasteiger charge is -2.23. The molecule has 0 bridgehead atoms. The maximum atomic E-state index is 12.1. The summed E-state index contributed by atoms with van der Waals surface area (Å²) in [5.74, 6) is 0.446. The molecule has 1 N–H and O–H groups in total. The number of likely N-dealkylation sites (tertiary alicyclic amines) is 1. The molecule has 7 nitrogen and oxygen atoms in total. The Labute approximate surface area is 133 Å². The first-order valence-corrected chi connectivity index (χ1v) is 7.56. The van der Waals surface area contributed by atoms with Crippen LogP contribution in [0, 0.1) is 0 Å². The van der Waals surface area contributed by atoms with Gasteiger partial charge in [-0.05, 0) is 31.5 Å². The molecule has 1 saturated heterocycles. The van der Waals surface area contributed by atoms with Gasteiger partial charge in [0, 0.05) is 12.2 Å². The van der Waals surface area contributed by atoms with E-state index in [4.69, 9.17) is 11.6 Å². The Hall–Kier alpha value is -1.99. The first-order valence-electron chi connectivity index (χ1n) is 7.18. The fourth-order valence-corrected chi connectivity index (χ4v) is 2.78. The Morgan fingerprint density at radius 3 is 3.09 bits per heavy atom. The van der Waals surface area contributed by atoms with Crippen molar-refractivity contribution < 1.29 is 4.79 Å². The summed E-state index contributed by atoms with van der Waals surface area (Å²) in [5, 5.41) is 7.46. The number of nitrogens with zero attached hydrogens (tertiary/aromatic N) is 5. The van der Waals surface area contributed by atoms with E-state index in [-0.39, 0.29) is 5.91 Å². The second kappa shape index (κ2) is 6.85. The number of halogens is 1. The predicted molar refractivity (Wildman–Crippen MR) is 82.5 cm³/mol. The van der Waals surface area contributed by atoms with Gasteiger partial charge in [-0.1, -0.05) is 11.6 Å². The lowest BCUT2D eigenvalue weighted by Crippen LogP contribution is -2.39. The van der Waals surface area contributed by atoms with Crippen LogP contribution in [0.1, 0.15) is 12.8 Å². The molecule has 116 valence electrons. The molecule has 22 heavy (non-hydrogen) atoms. The third kappa shape index (κ3) is 3.80. The Kier molecular flexibility index (Phi) is 4.65. The Balaban J connectivity index is 1.54. The third-order valence-corrected chi connectivity index (χ3v) is 3.93. The van der Waals surface area contributed by atoms with E-state index >= 15 is 0 Å². The van der Waals surface area contributed by atoms with Crippen molar-refractivity contribution in [2.45, 2.75) is 25.4 Å². The average Bonchev–Trinajstić information content (AvgIpc) is 3.15. The fraction of sp³-hybridized carbons (Fsp3) is 0.429. The van der Waals surface area contributed by atoms with Crippen LogP contribution in [0.25, 0.3) is 0 Å². The molecule has 3 rings (SSSR count). The van der Waals surface area contributed by atoms with Gasteiger partial charge in [-0.15, -0.1) is 0 Å². The van der Waals surface area contributed by atoms with Gasteiger partial charge in [0.05, 0.1) is 18.1 Å². The van der Waals surface area contributed by atoms with Crippen molar-refractivity contribution in [3.63, 3.8) is 0 Å². The number of hydrogen-bond donors (Lipinski definition) is 1. The Morgan fingerprint density at radius 1 is 1.45 bits per heavy atom. The van der Waals surface area contributed by atoms with Crippen LogP contribution >= 0.6 is 11.6 Å². The summed E-state index contributed by atoms with van der Waals surface area (Å²) >= 11 is 5.78. The first-order chi connectivity index (χ1) is 10.7. The van der Waals surface area contributed by atoms with Crippen molar-refractivity contribution in [3.05, 3.63) is 36.0 Å². The van der Waals surface area contributed by atoms with E-state index in [0.717, 1.165) is 25.9 Å². The van der Waals surface area contributed by atoms with Crippen LogP contribution in [-0.2, 0) is 11.3 Å². The topological polar surface area (TPSA) is 75.9 Å². The number of pyridine rings is 1. The van der Waals surface area contributed by atoms with Crippen molar-refractivity contribution in [1.29, 1.82) is 0 Å². The quantitative estimate of drug-likeness (QED) is 0.902. The van der Waals surface area contributed by atoms with Crippen molar-refractivity contribution in [3.8, 4) is 0 Å². The third-order valence-electron chi connectivity index (χ3n) is 3.71. The van der Waals surface area contributed by atoms with Crippen LogP contribution in [0.4, 0.5) is 5.82 Å². The number of nitrogens with one attached hydrogen (secondary N) is 1. The van der Waals surface area contributed by atoms with E-state index < -0.39 is 0 Å². The molecule has 3 heterocycles. The Bertz CT molecular complexity index is 615. The van der Waals surface area contributed by atoms with Gasteiger partial charge in [-0.3, -0.25) is 14.4 Å². The zero-order chi connectivity index (χ0) is 15.4. The second-order valence-corrected chi connectivity index (χ2v) is 5.73. The van der Waals surface area contributed by atoms with Crippen LogP contribution in [0.15, 0.2) is 31.0 Å². The zero-order valence-electron chi connectivity index (χ0n) is 12.0. The van der Waals surface area contributed by atoms with Crippen LogP contribution in [0.3, 0.4) is 0 Å². The molecule has 0 unspecified atom stereocenters. The number of carbonyl (C=O) groups excluding carboxylic acids is 1. The number of anilines is 1. The van der Waals surface area contributed by atoms with Gasteiger partial charge in [-0.2, -0.15) is 5.10 Å². The number of hydrogen-bond acceptors (Lipinski definition) is 5. The highest BCUT2D eigenvalue weighted by Crippen LogP contribution is 2.18. The van der Waals surface area contributed by atoms with Crippen molar-refractivity contribution in [2.24, 2.45) is 0 Å². The fourth-order valence-electron chi connectivity index (χ4n) is 2.67. The lowest BCUT2D eigenvalue weighted by molar-refractivity contribution is -0.117. The van der Waals surface area contributed by atoms with Gasteiger partial charge in [0.25, 0.3) is 0 Å². The van der Waals surface area contributed by atoms with E-state index in [1.165, 1.54) is 12.5 Å². The monoisotopic (exact) mass is 320 g/mol. The van der Waals surface area contributed by atoms with Crippen LogP contribution in [0.2, 0.25) is 5.02 Å². The molecule has 1 aliphatic rings. The molecule has 1 atom stereocenters. The minimum absolute atomic E-state index is 0.0692. The highest BCUT2D eigenvalue weighted by molar-refractivity contribution is 6.30. The van der Waals surface area contributed by atoms with E-state index in [9.17, 15) is 4.79 Å². The van der Waals surface area contributed by atoms with Gasteiger partial charge in [0.15, 0.2) is 0 Å². The number of carbonyl (C=O) groups is 1. The van der Waals surface area contributed by atoms with Crippen LogP contribution < -0.4 is 5.32 Å². The number of rotatable bonds is 5. The normalized spacial score (nSPS) is 18.5. The molecule has 2 aromatic heterocycles. The standard InChI is InChI=1S/C14H17ClN6O/c15-11-3-4-13(17-6-11)19-14(22)8-20-5-1-2-12(20)7-21-10-16-9-18-21/h3-4,6,9-10,12H,1-2,5,7-8H2,(H,17,19,22)/t12-/m0/s1. The van der Waals surface area contributed by atoms with Gasteiger partial charge < -0.3 is 5.32 Å². The molecular formula is C14H17ClN6O. The highest BCUT2D eigenvalue weighted by Gasteiger charge is 2.26. The zero-order valence-corrected chi connectivity index (χ0v) is 12.8. The molecule has 1 fully saturated rings. The SMILES string of the molecule is O=C(CN1CCC[C@H]1Cn1cncn1)Nc1ccc(Cl)cn1. The van der Waals surface area contributed by atoms with E-state index in [1.807, 2.05) is 4.68 Å². The van der Waals surface area contributed by atoms with E-state index in [0.29, 0.717) is 23.4 Å². The molecule has 0 spiro atoms. The summed E-state index contributed by atoms with van der Waals surface area (Å²) in [7, 11) is 0. The molecule has 1 amide bonds. The minimum Gasteiger partial charge on any atom is -0.310 e. The lowest BCUT2D eigenvalue weighted by atomic mass is 10.2. The molecular weight excluding hydrogens is 304 g/mol. The largest absolute Gasteiger partial charge is 0.310 e. The Morgan fingerprint density at radius 2 is 2.36 bits per heavy atom. The van der Waals surface area contributed by atoms with Crippen LogP contribution in [0.5, 0.6) is 0 Å². The second-order valence-electron chi connectivity index (χ2n) is 5.29. The van der Waals surface area contributed by atoms with Crippen molar-refractivity contribution in [2.75, 3.05) is 18.4 Å². The molecule has 8 heteroatoms. The summed E-state index contributed by atoms with van der Waals surface area (Å²) in [6, 6.07) is 3.70. The summed E-state index contributed by atoms with van der Waals surface area (Å²) < 4.78 is 1.81. The minimum atomic E-state index is -0.0692. The van der Waals surface area contributed by atoms with E-state index in [1.54, 1.807) is 18.5 Å². The number of amides is 1. The van der Waals surface area contributed by atoms with Gasteiger partial charge in [-0.25, -0.2) is 9.97 Å². The average molecular weight is 321 g/mol. The molecule has 0 aromatic carbocycles. The summed E-state index contributed by atoms with van der Waals surface area (Å²) in [5.41, 5.74) is 0. The van der Waals surface area contributed by atoms with Gasteiger partial charge >= 0.3 is 0 Å². The van der Waals surface area contributed by atoms with E-state index in [2.05, 4.69) is 25.3 Å². The maximum Gasteiger partial charge on any atom is 0.239 e. The molecule has 1 aliphatic heterocycles. The summed E-state index contributed by atoms with van der Waals surface area (Å²) in [6.07, 6.45) is 6.89. The van der Waals surface area contributed by atoms with Crippen molar-refractivity contribution >= 4 is 23.3 Å². The van der Waals surface area contributed by atoms with Crippen LogP contribution in [-0.4, -0.2) is 49.7 Å². The highest BCUT2D eigenvalue weighted by atomic mass is 35.5. The molecule has 0 saturated carbocycles. The summed E-state index contributed by atoms with van der Waals surface area (Å²) in [4.78, 5) is 22.3. The smallest absolute Gasteiger partial charge is 0.239 e. The molecule has 0 aliphatic carbocycles. The maximum absolute atomic E-state index is 12.1. The number of aromatic nitrogens is 4.